The summed E-state index contributed by atoms with van der Waals surface area (Å²) < 4.78 is 0. The fraction of sp³-hybridized carbons (Fsp3) is 0.103. The Hall–Kier alpha value is -4.38. The molecule has 5 rings (SSSR count). The van der Waals surface area contributed by atoms with Crippen LogP contribution in [-0.2, 0) is 6.42 Å². The van der Waals surface area contributed by atoms with Crippen LogP contribution in [0, 0.1) is 0 Å². The molecule has 0 saturated heterocycles. The van der Waals surface area contributed by atoms with E-state index in [2.05, 4.69) is 12.1 Å². The molecule has 0 aromatic heterocycles. The Morgan fingerprint density at radius 3 is 1.76 bits per heavy atom. The number of hydrogen-bond donors (Lipinski definition) is 5. The molecule has 170 valence electrons. The maximum absolute atomic E-state index is 10.2. The molecule has 0 fully saturated rings. The van der Waals surface area contributed by atoms with Crippen molar-refractivity contribution >= 4 is 12.2 Å². The van der Waals surface area contributed by atoms with Crippen LogP contribution in [0.15, 0.2) is 78.9 Å². The summed E-state index contributed by atoms with van der Waals surface area (Å²) in [6.45, 7) is 0. The summed E-state index contributed by atoms with van der Waals surface area (Å²) in [5.74, 6) is 0.175. The fourth-order valence-electron chi connectivity index (χ4n) is 4.91. The van der Waals surface area contributed by atoms with Crippen molar-refractivity contribution in [2.75, 3.05) is 0 Å². The summed E-state index contributed by atoms with van der Waals surface area (Å²) in [5, 5.41) is 49.5. The van der Waals surface area contributed by atoms with Gasteiger partial charge in [-0.1, -0.05) is 42.5 Å². The zero-order valence-corrected chi connectivity index (χ0v) is 18.3. The number of phenols is 5. The lowest BCUT2D eigenvalue weighted by atomic mass is 9.81. The highest BCUT2D eigenvalue weighted by Crippen LogP contribution is 2.49. The molecule has 0 bridgehead atoms. The van der Waals surface area contributed by atoms with E-state index in [0.29, 0.717) is 5.56 Å². The lowest BCUT2D eigenvalue weighted by molar-refractivity contribution is 0.447. The predicted molar refractivity (Wildman–Crippen MR) is 131 cm³/mol. The topological polar surface area (TPSA) is 101 Å². The molecule has 0 heterocycles. The average Bonchev–Trinajstić information content (AvgIpc) is 3.15. The van der Waals surface area contributed by atoms with Crippen molar-refractivity contribution in [2.45, 2.75) is 18.3 Å². The number of phenolic OH excluding ortho intramolecular Hbond substituents is 5. The first-order valence-corrected chi connectivity index (χ1v) is 11.0. The highest BCUT2D eigenvalue weighted by molar-refractivity contribution is 5.72. The van der Waals surface area contributed by atoms with E-state index in [1.165, 1.54) is 17.7 Å². The Kier molecular flexibility index (Phi) is 5.38. The van der Waals surface area contributed by atoms with Crippen LogP contribution in [-0.4, -0.2) is 25.5 Å². The Morgan fingerprint density at radius 1 is 0.529 bits per heavy atom. The summed E-state index contributed by atoms with van der Waals surface area (Å²) >= 11 is 0. The summed E-state index contributed by atoms with van der Waals surface area (Å²) in [6, 6.07) is 22.5. The van der Waals surface area contributed by atoms with Gasteiger partial charge in [-0.3, -0.25) is 0 Å². The summed E-state index contributed by atoms with van der Waals surface area (Å²) in [5.41, 5.74) is 5.78. The third kappa shape index (κ3) is 4.28. The smallest absolute Gasteiger partial charge is 0.119 e. The van der Waals surface area contributed by atoms with Gasteiger partial charge in [0.15, 0.2) is 0 Å². The van der Waals surface area contributed by atoms with Gasteiger partial charge in [-0.15, -0.1) is 0 Å². The minimum atomic E-state index is -0.101. The molecule has 0 radical (unpaired) electrons. The van der Waals surface area contributed by atoms with Crippen molar-refractivity contribution in [3.8, 4) is 28.7 Å². The van der Waals surface area contributed by atoms with Crippen molar-refractivity contribution in [3.05, 3.63) is 112 Å². The second-order valence-corrected chi connectivity index (χ2v) is 8.74. The molecule has 1 aliphatic carbocycles. The minimum absolute atomic E-state index is 0.00546. The van der Waals surface area contributed by atoms with E-state index in [4.69, 9.17) is 0 Å². The first kappa shape index (κ1) is 21.5. The predicted octanol–water partition coefficient (Wildman–Crippen LogP) is 5.86. The van der Waals surface area contributed by atoms with E-state index in [-0.39, 0.29) is 40.6 Å². The lowest BCUT2D eigenvalue weighted by Gasteiger charge is -2.22. The van der Waals surface area contributed by atoms with E-state index in [1.807, 2.05) is 30.4 Å². The SMILES string of the molecule is Oc1ccc(C2Cc3ccc(C=Cc4cc(O)cc(O)c4)cc3C2c2cc(O)cc(O)c2)cc1. The van der Waals surface area contributed by atoms with Gasteiger partial charge in [-0.05, 0) is 82.1 Å². The second-order valence-electron chi connectivity index (χ2n) is 8.74. The van der Waals surface area contributed by atoms with Gasteiger partial charge in [-0.2, -0.15) is 0 Å². The molecule has 4 aromatic carbocycles. The average molecular weight is 453 g/mol. The molecule has 5 N–H and O–H groups in total. The maximum atomic E-state index is 10.2. The normalized spacial score (nSPS) is 17.2. The molecule has 4 aromatic rings. The molecule has 0 saturated carbocycles. The molecular formula is C29H24O5. The highest BCUT2D eigenvalue weighted by Gasteiger charge is 2.35. The van der Waals surface area contributed by atoms with E-state index < -0.39 is 0 Å². The third-order valence-corrected chi connectivity index (χ3v) is 6.35. The monoisotopic (exact) mass is 452 g/mol. The van der Waals surface area contributed by atoms with Gasteiger partial charge >= 0.3 is 0 Å². The number of benzene rings is 4. The van der Waals surface area contributed by atoms with Crippen LogP contribution in [0.5, 0.6) is 28.7 Å². The molecule has 5 heteroatoms. The molecule has 1 aliphatic rings. The van der Waals surface area contributed by atoms with Crippen molar-refractivity contribution < 1.29 is 25.5 Å². The van der Waals surface area contributed by atoms with Crippen LogP contribution in [0.4, 0.5) is 0 Å². The van der Waals surface area contributed by atoms with Crippen molar-refractivity contribution in [3.63, 3.8) is 0 Å². The van der Waals surface area contributed by atoms with Crippen LogP contribution in [0.2, 0.25) is 0 Å². The van der Waals surface area contributed by atoms with Gasteiger partial charge in [0.1, 0.15) is 28.7 Å². The molecule has 2 atom stereocenters. The van der Waals surface area contributed by atoms with Gasteiger partial charge in [-0.25, -0.2) is 0 Å². The van der Waals surface area contributed by atoms with Crippen LogP contribution in [0.3, 0.4) is 0 Å². The molecule has 0 amide bonds. The Morgan fingerprint density at radius 2 is 1.12 bits per heavy atom. The van der Waals surface area contributed by atoms with Crippen LogP contribution >= 0.6 is 0 Å². The van der Waals surface area contributed by atoms with E-state index >= 15 is 0 Å². The zero-order chi connectivity index (χ0) is 23.8. The molecule has 0 spiro atoms. The largest absolute Gasteiger partial charge is 0.508 e. The first-order valence-electron chi connectivity index (χ1n) is 11.0. The van der Waals surface area contributed by atoms with Crippen molar-refractivity contribution in [1.29, 1.82) is 0 Å². The number of aromatic hydroxyl groups is 5. The number of hydrogen-bond acceptors (Lipinski definition) is 5. The standard InChI is InChI=1S/C29H24O5/c30-22-7-5-19(6-8-22)28-14-20-4-3-17(1-2-18-9-23(31)15-24(32)10-18)11-27(20)29(28)21-12-25(33)16-26(34)13-21/h1-13,15-16,28-34H,14H2. The Balaban J connectivity index is 1.57. The zero-order valence-electron chi connectivity index (χ0n) is 18.3. The Labute approximate surface area is 197 Å². The van der Waals surface area contributed by atoms with Gasteiger partial charge < -0.3 is 25.5 Å². The maximum Gasteiger partial charge on any atom is 0.119 e. The second kappa shape index (κ2) is 8.52. The third-order valence-electron chi connectivity index (χ3n) is 6.35. The molecular weight excluding hydrogens is 428 g/mol. The highest BCUT2D eigenvalue weighted by atomic mass is 16.3. The van der Waals surface area contributed by atoms with E-state index in [1.54, 1.807) is 36.4 Å². The van der Waals surface area contributed by atoms with Gasteiger partial charge in [0.05, 0.1) is 0 Å². The van der Waals surface area contributed by atoms with Crippen LogP contribution < -0.4 is 0 Å². The molecule has 2 unspecified atom stereocenters. The van der Waals surface area contributed by atoms with Crippen molar-refractivity contribution in [1.82, 2.24) is 0 Å². The number of rotatable bonds is 4. The quantitative estimate of drug-likeness (QED) is 0.250. The Bertz CT molecular complexity index is 1350. The minimum Gasteiger partial charge on any atom is -0.508 e. The first-order chi connectivity index (χ1) is 16.4. The lowest BCUT2D eigenvalue weighted by Crippen LogP contribution is -2.08. The van der Waals surface area contributed by atoms with E-state index in [0.717, 1.165) is 28.7 Å². The fourth-order valence-corrected chi connectivity index (χ4v) is 4.91. The van der Waals surface area contributed by atoms with Crippen LogP contribution in [0.25, 0.3) is 12.2 Å². The van der Waals surface area contributed by atoms with Gasteiger partial charge in [0.2, 0.25) is 0 Å². The summed E-state index contributed by atoms with van der Waals surface area (Å²) in [4.78, 5) is 0. The van der Waals surface area contributed by atoms with Gasteiger partial charge in [0, 0.05) is 18.1 Å². The molecule has 0 aliphatic heterocycles. The van der Waals surface area contributed by atoms with Crippen LogP contribution in [0.1, 0.15) is 45.2 Å². The number of fused-ring (bicyclic) bond motifs is 1. The molecule has 34 heavy (non-hydrogen) atoms. The van der Waals surface area contributed by atoms with E-state index in [9.17, 15) is 25.5 Å². The molecule has 5 nitrogen and oxygen atoms in total. The summed E-state index contributed by atoms with van der Waals surface area (Å²) in [6.07, 6.45) is 4.52. The van der Waals surface area contributed by atoms with Crippen molar-refractivity contribution in [2.24, 2.45) is 0 Å². The summed E-state index contributed by atoms with van der Waals surface area (Å²) in [7, 11) is 0. The van der Waals surface area contributed by atoms with Gasteiger partial charge in [0.25, 0.3) is 0 Å².